The molecule has 2 aromatic rings. The minimum absolute atomic E-state index is 0.0138. The fourth-order valence-corrected chi connectivity index (χ4v) is 1.93. The molecule has 0 aliphatic rings. The second-order valence-corrected chi connectivity index (χ2v) is 4.62. The number of nitrogens with one attached hydrogen (secondary N) is 1. The minimum atomic E-state index is -0.399. The van der Waals surface area contributed by atoms with Crippen LogP contribution in [0.2, 0.25) is 5.02 Å². The lowest BCUT2D eigenvalue weighted by Gasteiger charge is -2.09. The van der Waals surface area contributed by atoms with E-state index in [1.54, 1.807) is 24.3 Å². The highest BCUT2D eigenvalue weighted by molar-refractivity contribution is 6.34. The number of carbonyl (C=O) groups excluding carboxylic acids is 1. The maximum atomic E-state index is 12.0. The van der Waals surface area contributed by atoms with Gasteiger partial charge in [-0.2, -0.15) is 0 Å². The van der Waals surface area contributed by atoms with Gasteiger partial charge in [0.1, 0.15) is 5.75 Å². The Bertz CT molecular complexity index is 641. The summed E-state index contributed by atoms with van der Waals surface area (Å²) in [5.74, 6) is -0.385. The van der Waals surface area contributed by atoms with Gasteiger partial charge in [0.15, 0.2) is 0 Å². The van der Waals surface area contributed by atoms with Crippen molar-refractivity contribution in [2.75, 3.05) is 11.1 Å². The standard InChI is InChI=1S/C14H13ClN2O2/c1-8-2-5-12(13(18)6-8)17-14(19)10-4-3-9(16)7-11(10)15/h2-7,18H,16H2,1H3,(H,17,19). The van der Waals surface area contributed by atoms with Gasteiger partial charge < -0.3 is 16.2 Å². The Morgan fingerprint density at radius 1 is 1.26 bits per heavy atom. The number of benzene rings is 2. The highest BCUT2D eigenvalue weighted by atomic mass is 35.5. The molecule has 0 heterocycles. The summed E-state index contributed by atoms with van der Waals surface area (Å²) in [6.07, 6.45) is 0. The van der Waals surface area contributed by atoms with Crippen LogP contribution in [0, 0.1) is 6.92 Å². The van der Waals surface area contributed by atoms with Crippen LogP contribution in [0.25, 0.3) is 0 Å². The van der Waals surface area contributed by atoms with Crippen LogP contribution in [0.4, 0.5) is 11.4 Å². The van der Waals surface area contributed by atoms with Crippen LogP contribution in [-0.4, -0.2) is 11.0 Å². The number of hydrogen-bond donors (Lipinski definition) is 3. The maximum Gasteiger partial charge on any atom is 0.257 e. The quantitative estimate of drug-likeness (QED) is 0.582. The number of carbonyl (C=O) groups is 1. The Labute approximate surface area is 115 Å². The normalized spacial score (nSPS) is 10.2. The lowest BCUT2D eigenvalue weighted by Crippen LogP contribution is -2.12. The number of phenols is 1. The molecule has 2 rings (SSSR count). The summed E-state index contributed by atoms with van der Waals surface area (Å²) in [5.41, 5.74) is 7.59. The van der Waals surface area contributed by atoms with Crippen LogP contribution in [-0.2, 0) is 0 Å². The van der Waals surface area contributed by atoms with Crippen LogP contribution < -0.4 is 11.1 Å². The van der Waals surface area contributed by atoms with Crippen LogP contribution in [0.1, 0.15) is 15.9 Å². The molecule has 5 heteroatoms. The summed E-state index contributed by atoms with van der Waals surface area (Å²) < 4.78 is 0. The number of amides is 1. The van der Waals surface area contributed by atoms with Crippen molar-refractivity contribution >= 4 is 28.9 Å². The highest BCUT2D eigenvalue weighted by Crippen LogP contribution is 2.26. The predicted molar refractivity (Wildman–Crippen MR) is 76.7 cm³/mol. The Kier molecular flexibility index (Phi) is 3.62. The molecule has 0 fully saturated rings. The summed E-state index contributed by atoms with van der Waals surface area (Å²) in [4.78, 5) is 12.0. The number of aromatic hydroxyl groups is 1. The molecule has 19 heavy (non-hydrogen) atoms. The summed E-state index contributed by atoms with van der Waals surface area (Å²) in [6, 6.07) is 9.63. The largest absolute Gasteiger partial charge is 0.506 e. The van der Waals surface area contributed by atoms with Crippen molar-refractivity contribution in [3.63, 3.8) is 0 Å². The van der Waals surface area contributed by atoms with Crippen molar-refractivity contribution in [3.8, 4) is 5.75 Å². The van der Waals surface area contributed by atoms with Crippen molar-refractivity contribution in [1.82, 2.24) is 0 Å². The SMILES string of the molecule is Cc1ccc(NC(=O)c2ccc(N)cc2Cl)c(O)c1. The van der Waals surface area contributed by atoms with E-state index in [1.807, 2.05) is 6.92 Å². The first-order chi connectivity index (χ1) is 8.97. The molecular weight excluding hydrogens is 264 g/mol. The molecular formula is C14H13ClN2O2. The molecule has 4 N–H and O–H groups in total. The average molecular weight is 277 g/mol. The molecule has 98 valence electrons. The molecule has 0 aliphatic carbocycles. The minimum Gasteiger partial charge on any atom is -0.506 e. The van der Waals surface area contributed by atoms with E-state index in [-0.39, 0.29) is 10.8 Å². The fourth-order valence-electron chi connectivity index (χ4n) is 1.65. The average Bonchev–Trinajstić information content (AvgIpc) is 2.32. The van der Waals surface area contributed by atoms with Crippen molar-refractivity contribution in [3.05, 3.63) is 52.5 Å². The molecule has 0 aliphatic heterocycles. The molecule has 0 bridgehead atoms. The molecule has 0 atom stereocenters. The van der Waals surface area contributed by atoms with Gasteiger partial charge >= 0.3 is 0 Å². The van der Waals surface area contributed by atoms with Crippen molar-refractivity contribution in [2.24, 2.45) is 0 Å². The molecule has 0 unspecified atom stereocenters. The number of rotatable bonds is 2. The van der Waals surface area contributed by atoms with E-state index in [1.165, 1.54) is 12.1 Å². The van der Waals surface area contributed by atoms with E-state index in [0.29, 0.717) is 16.9 Å². The van der Waals surface area contributed by atoms with Gasteiger partial charge in [-0.05, 0) is 42.8 Å². The van der Waals surface area contributed by atoms with Gasteiger partial charge in [0, 0.05) is 5.69 Å². The zero-order valence-corrected chi connectivity index (χ0v) is 11.0. The van der Waals surface area contributed by atoms with Gasteiger partial charge in [0.05, 0.1) is 16.3 Å². The van der Waals surface area contributed by atoms with Gasteiger partial charge in [0.25, 0.3) is 5.91 Å². The molecule has 0 saturated heterocycles. The lowest BCUT2D eigenvalue weighted by atomic mass is 10.1. The topological polar surface area (TPSA) is 75.4 Å². The molecule has 0 spiro atoms. The van der Waals surface area contributed by atoms with Crippen molar-refractivity contribution < 1.29 is 9.90 Å². The summed E-state index contributed by atoms with van der Waals surface area (Å²) >= 11 is 5.95. The zero-order valence-electron chi connectivity index (χ0n) is 10.3. The summed E-state index contributed by atoms with van der Waals surface area (Å²) in [7, 11) is 0. The van der Waals surface area contributed by atoms with E-state index in [0.717, 1.165) is 5.56 Å². The molecule has 0 aromatic heterocycles. The van der Waals surface area contributed by atoms with Crippen molar-refractivity contribution in [1.29, 1.82) is 0 Å². The number of nitrogens with two attached hydrogens (primary N) is 1. The van der Waals surface area contributed by atoms with E-state index in [2.05, 4.69) is 5.32 Å². The molecule has 0 radical (unpaired) electrons. The van der Waals surface area contributed by atoms with Gasteiger partial charge in [-0.1, -0.05) is 17.7 Å². The smallest absolute Gasteiger partial charge is 0.257 e. The van der Waals surface area contributed by atoms with E-state index >= 15 is 0 Å². The van der Waals surface area contributed by atoms with E-state index in [9.17, 15) is 9.90 Å². The van der Waals surface area contributed by atoms with Gasteiger partial charge in [-0.25, -0.2) is 0 Å². The number of hydrogen-bond acceptors (Lipinski definition) is 3. The Morgan fingerprint density at radius 2 is 2.00 bits per heavy atom. The Balaban J connectivity index is 2.25. The Morgan fingerprint density at radius 3 is 2.63 bits per heavy atom. The summed E-state index contributed by atoms with van der Waals surface area (Å²) in [5, 5.41) is 12.6. The number of nitrogen functional groups attached to an aromatic ring is 1. The van der Waals surface area contributed by atoms with Gasteiger partial charge in [0.2, 0.25) is 0 Å². The first-order valence-corrected chi connectivity index (χ1v) is 6.01. The summed E-state index contributed by atoms with van der Waals surface area (Å²) in [6.45, 7) is 1.85. The molecule has 2 aromatic carbocycles. The molecule has 4 nitrogen and oxygen atoms in total. The van der Waals surface area contributed by atoms with Crippen LogP contribution >= 0.6 is 11.6 Å². The van der Waals surface area contributed by atoms with Crippen LogP contribution in [0.5, 0.6) is 5.75 Å². The second-order valence-electron chi connectivity index (χ2n) is 4.21. The Hall–Kier alpha value is -2.20. The first-order valence-electron chi connectivity index (χ1n) is 5.63. The predicted octanol–water partition coefficient (Wildman–Crippen LogP) is 3.19. The third kappa shape index (κ3) is 2.98. The monoisotopic (exact) mass is 276 g/mol. The number of halogens is 1. The van der Waals surface area contributed by atoms with E-state index in [4.69, 9.17) is 17.3 Å². The first kappa shape index (κ1) is 13.2. The zero-order chi connectivity index (χ0) is 14.0. The van der Waals surface area contributed by atoms with Gasteiger partial charge in [-0.15, -0.1) is 0 Å². The fraction of sp³-hybridized carbons (Fsp3) is 0.0714. The van der Waals surface area contributed by atoms with Gasteiger partial charge in [-0.3, -0.25) is 4.79 Å². The highest BCUT2D eigenvalue weighted by Gasteiger charge is 2.12. The molecule has 1 amide bonds. The van der Waals surface area contributed by atoms with E-state index < -0.39 is 5.91 Å². The number of aryl methyl sites for hydroxylation is 1. The maximum absolute atomic E-state index is 12.0. The number of anilines is 2. The van der Waals surface area contributed by atoms with Crippen molar-refractivity contribution in [2.45, 2.75) is 6.92 Å². The third-order valence-electron chi connectivity index (χ3n) is 2.64. The lowest BCUT2D eigenvalue weighted by molar-refractivity contribution is 0.102. The third-order valence-corrected chi connectivity index (χ3v) is 2.95. The molecule has 0 saturated carbocycles. The van der Waals surface area contributed by atoms with Crippen LogP contribution in [0.3, 0.4) is 0 Å². The second kappa shape index (κ2) is 5.20. The number of phenolic OH excluding ortho intramolecular Hbond substituents is 1. The van der Waals surface area contributed by atoms with Crippen LogP contribution in [0.15, 0.2) is 36.4 Å².